The minimum Gasteiger partial charge on any atom is -0.486 e. The summed E-state index contributed by atoms with van der Waals surface area (Å²) in [5.74, 6) is 2.38. The summed E-state index contributed by atoms with van der Waals surface area (Å²) < 4.78 is 14.8. The smallest absolute Gasteiger partial charge is 0.255 e. The normalized spacial score (nSPS) is 21.4. The van der Waals surface area contributed by atoms with Crippen molar-refractivity contribution in [2.45, 2.75) is 45.3 Å². The van der Waals surface area contributed by atoms with Gasteiger partial charge in [0, 0.05) is 50.4 Å². The molecular weight excluding hydrogens is 432 g/mol. The molecule has 3 aromatic rings. The number of rotatable bonds is 4. The van der Waals surface area contributed by atoms with Crippen molar-refractivity contribution in [3.8, 4) is 17.6 Å². The molecule has 2 aliphatic heterocycles. The second kappa shape index (κ2) is 8.69. The van der Waals surface area contributed by atoms with Gasteiger partial charge in [-0.25, -0.2) is 4.52 Å². The molecule has 2 aliphatic rings. The van der Waals surface area contributed by atoms with Crippen LogP contribution in [0.4, 0.5) is 5.82 Å². The van der Waals surface area contributed by atoms with Crippen molar-refractivity contribution in [3.05, 3.63) is 51.9 Å². The molecular formula is C25H30N6O3. The fraction of sp³-hybridized carbons (Fsp3) is 0.480. The SMILES string of the molecule is CC(c1ccc2c(c1)OCCO2)N1C[C@H](C)N(c2cc(=O)n(C)c3cc(CC#N)nn23)C[C@H]1C. The Morgan fingerprint density at radius 3 is 2.65 bits per heavy atom. The quantitative estimate of drug-likeness (QED) is 0.589. The third kappa shape index (κ3) is 3.78. The number of aromatic nitrogens is 3. The van der Waals surface area contributed by atoms with Crippen LogP contribution in [-0.2, 0) is 13.5 Å². The third-order valence-electron chi connectivity index (χ3n) is 7.02. The number of piperazine rings is 1. The Morgan fingerprint density at radius 2 is 1.88 bits per heavy atom. The van der Waals surface area contributed by atoms with Crippen LogP contribution in [-0.4, -0.2) is 57.5 Å². The van der Waals surface area contributed by atoms with Gasteiger partial charge in [-0.3, -0.25) is 14.3 Å². The maximum Gasteiger partial charge on any atom is 0.255 e. The minimum absolute atomic E-state index is 0.0853. The van der Waals surface area contributed by atoms with Crippen LogP contribution >= 0.6 is 0 Å². The number of nitrogens with zero attached hydrogens (tertiary/aromatic N) is 6. The lowest BCUT2D eigenvalue weighted by Gasteiger charge is -2.47. The molecule has 0 N–H and O–H groups in total. The van der Waals surface area contributed by atoms with Gasteiger partial charge in [-0.05, 0) is 38.5 Å². The van der Waals surface area contributed by atoms with Crippen molar-refractivity contribution in [2.24, 2.45) is 7.05 Å². The summed E-state index contributed by atoms with van der Waals surface area (Å²) in [4.78, 5) is 17.5. The molecule has 1 saturated heterocycles. The zero-order valence-corrected chi connectivity index (χ0v) is 20.1. The van der Waals surface area contributed by atoms with Gasteiger partial charge in [0.1, 0.15) is 24.7 Å². The number of hydrogen-bond donors (Lipinski definition) is 0. The van der Waals surface area contributed by atoms with Gasteiger partial charge in [-0.2, -0.15) is 10.4 Å². The molecule has 1 fully saturated rings. The number of hydrogen-bond acceptors (Lipinski definition) is 7. The fourth-order valence-electron chi connectivity index (χ4n) is 5.10. The summed E-state index contributed by atoms with van der Waals surface area (Å²) in [7, 11) is 1.73. The fourth-order valence-corrected chi connectivity index (χ4v) is 5.10. The van der Waals surface area contributed by atoms with Crippen LogP contribution in [0.5, 0.6) is 11.5 Å². The molecule has 0 amide bonds. The Hall–Kier alpha value is -3.51. The van der Waals surface area contributed by atoms with Crippen LogP contribution in [0.2, 0.25) is 0 Å². The molecule has 0 bridgehead atoms. The molecule has 0 saturated carbocycles. The summed E-state index contributed by atoms with van der Waals surface area (Å²) in [6, 6.07) is 12.4. The molecule has 178 valence electrons. The van der Waals surface area contributed by atoms with Crippen molar-refractivity contribution in [1.82, 2.24) is 19.1 Å². The number of nitriles is 1. The lowest BCUT2D eigenvalue weighted by molar-refractivity contribution is 0.118. The Kier molecular flexibility index (Phi) is 5.70. The first-order chi connectivity index (χ1) is 16.4. The van der Waals surface area contributed by atoms with Crippen molar-refractivity contribution >= 4 is 11.5 Å². The first-order valence-electron chi connectivity index (χ1n) is 11.7. The minimum atomic E-state index is -0.0853. The monoisotopic (exact) mass is 462 g/mol. The number of anilines is 1. The van der Waals surface area contributed by atoms with Crippen LogP contribution in [0, 0.1) is 11.3 Å². The van der Waals surface area contributed by atoms with Gasteiger partial charge >= 0.3 is 0 Å². The molecule has 9 nitrogen and oxygen atoms in total. The van der Waals surface area contributed by atoms with Crippen LogP contribution in [0.3, 0.4) is 0 Å². The summed E-state index contributed by atoms with van der Waals surface area (Å²) in [5, 5.41) is 13.7. The maximum absolute atomic E-state index is 12.7. The highest BCUT2D eigenvalue weighted by molar-refractivity contribution is 5.52. The maximum atomic E-state index is 12.7. The first-order valence-corrected chi connectivity index (χ1v) is 11.7. The van der Waals surface area contributed by atoms with E-state index in [9.17, 15) is 4.79 Å². The number of benzene rings is 1. The van der Waals surface area contributed by atoms with E-state index in [-0.39, 0.29) is 30.1 Å². The molecule has 0 aliphatic carbocycles. The van der Waals surface area contributed by atoms with E-state index in [1.54, 1.807) is 22.2 Å². The Balaban J connectivity index is 1.43. The first kappa shape index (κ1) is 22.3. The van der Waals surface area contributed by atoms with Crippen molar-refractivity contribution in [3.63, 3.8) is 0 Å². The molecule has 3 atom stereocenters. The Morgan fingerprint density at radius 1 is 1.12 bits per heavy atom. The van der Waals surface area contributed by atoms with E-state index in [1.807, 2.05) is 12.1 Å². The summed E-state index contributed by atoms with van der Waals surface area (Å²) in [5.41, 5.74) is 2.47. The molecule has 0 spiro atoms. The summed E-state index contributed by atoms with van der Waals surface area (Å²) in [6.07, 6.45) is 0.210. The van der Waals surface area contributed by atoms with Crippen molar-refractivity contribution in [2.75, 3.05) is 31.2 Å². The highest BCUT2D eigenvalue weighted by Crippen LogP contribution is 2.36. The van der Waals surface area contributed by atoms with Gasteiger partial charge in [0.05, 0.1) is 18.2 Å². The second-order valence-electron chi connectivity index (χ2n) is 9.27. The molecule has 34 heavy (non-hydrogen) atoms. The van der Waals surface area contributed by atoms with E-state index < -0.39 is 0 Å². The highest BCUT2D eigenvalue weighted by Gasteiger charge is 2.34. The lowest BCUT2D eigenvalue weighted by Crippen LogP contribution is -2.57. The van der Waals surface area contributed by atoms with Crippen LogP contribution in [0.25, 0.3) is 5.65 Å². The highest BCUT2D eigenvalue weighted by atomic mass is 16.6. The molecule has 4 heterocycles. The predicted octanol–water partition coefficient (Wildman–Crippen LogP) is 2.53. The van der Waals surface area contributed by atoms with E-state index >= 15 is 0 Å². The van der Waals surface area contributed by atoms with Crippen molar-refractivity contribution in [1.29, 1.82) is 5.26 Å². The van der Waals surface area contributed by atoms with Crippen molar-refractivity contribution < 1.29 is 9.47 Å². The second-order valence-corrected chi connectivity index (χ2v) is 9.27. The Bertz CT molecular complexity index is 1320. The summed E-state index contributed by atoms with van der Waals surface area (Å²) >= 11 is 0. The van der Waals surface area contributed by atoms with E-state index in [2.05, 4.69) is 53.9 Å². The van der Waals surface area contributed by atoms with E-state index in [4.69, 9.17) is 14.7 Å². The number of ether oxygens (including phenoxy) is 2. The largest absolute Gasteiger partial charge is 0.486 e. The molecule has 5 rings (SSSR count). The third-order valence-corrected chi connectivity index (χ3v) is 7.02. The van der Waals surface area contributed by atoms with E-state index in [1.165, 1.54) is 5.56 Å². The molecule has 0 radical (unpaired) electrons. The van der Waals surface area contributed by atoms with Crippen LogP contribution < -0.4 is 19.9 Å². The van der Waals surface area contributed by atoms with Gasteiger partial charge in [0.2, 0.25) is 0 Å². The molecule has 9 heteroatoms. The lowest BCUT2D eigenvalue weighted by atomic mass is 10.0. The van der Waals surface area contributed by atoms with Crippen LogP contribution in [0.1, 0.15) is 38.1 Å². The number of aryl methyl sites for hydroxylation is 1. The molecule has 2 aromatic heterocycles. The van der Waals surface area contributed by atoms with E-state index in [0.29, 0.717) is 24.6 Å². The Labute approximate surface area is 198 Å². The predicted molar refractivity (Wildman–Crippen MR) is 129 cm³/mol. The zero-order chi connectivity index (χ0) is 24.0. The van der Waals surface area contributed by atoms with E-state index in [0.717, 1.165) is 30.4 Å². The standard InChI is InChI=1S/C25H30N6O3/c1-16-15-30(24-13-25(32)28(4)23-12-20(7-8-26)27-31(23)24)17(2)14-29(16)18(3)19-5-6-21-22(11-19)34-10-9-33-21/h5-6,11-13,16-18H,7,9-10,14-15H2,1-4H3/t16-,17+,18?/m1/s1. The zero-order valence-electron chi connectivity index (χ0n) is 20.1. The topological polar surface area (TPSA) is 88.0 Å². The molecule has 1 aromatic carbocycles. The average molecular weight is 463 g/mol. The van der Waals surface area contributed by atoms with Gasteiger partial charge in [-0.1, -0.05) is 6.07 Å². The van der Waals surface area contributed by atoms with Gasteiger partial charge in [0.15, 0.2) is 11.5 Å². The summed E-state index contributed by atoms with van der Waals surface area (Å²) in [6.45, 7) is 9.37. The number of fused-ring (bicyclic) bond motifs is 2. The van der Waals surface area contributed by atoms with Gasteiger partial charge < -0.3 is 14.4 Å². The van der Waals surface area contributed by atoms with Gasteiger partial charge in [0.25, 0.3) is 5.56 Å². The van der Waals surface area contributed by atoms with Gasteiger partial charge in [-0.15, -0.1) is 0 Å². The van der Waals surface area contributed by atoms with Crippen LogP contribution in [0.15, 0.2) is 35.1 Å². The average Bonchev–Trinajstić information content (AvgIpc) is 3.26. The molecule has 1 unspecified atom stereocenters.